The summed E-state index contributed by atoms with van der Waals surface area (Å²) in [6.07, 6.45) is 0. The van der Waals surface area contributed by atoms with Crippen LogP contribution in [0.2, 0.25) is 0 Å². The van der Waals surface area contributed by atoms with Gasteiger partial charge in [-0.25, -0.2) is 0 Å². The fraction of sp³-hybridized carbons (Fsp3) is 0. The van der Waals surface area contributed by atoms with Crippen molar-refractivity contribution in [3.8, 4) is 0 Å². The summed E-state index contributed by atoms with van der Waals surface area (Å²) in [6, 6.07) is 10.7. The van der Waals surface area contributed by atoms with Gasteiger partial charge in [-0.15, -0.1) is 24.8 Å². The van der Waals surface area contributed by atoms with Gasteiger partial charge in [-0.05, 0) is 36.4 Å². The van der Waals surface area contributed by atoms with Crippen LogP contribution in [-0.4, -0.2) is 11.7 Å². The van der Waals surface area contributed by atoms with E-state index in [1.807, 2.05) is 12.1 Å². The third-order valence-corrected chi connectivity index (χ3v) is 3.09. The highest BCUT2D eigenvalue weighted by Gasteiger charge is 2.10. The summed E-state index contributed by atoms with van der Waals surface area (Å²) in [4.78, 5) is 0. The maximum absolute atomic E-state index is 7.48. The van der Waals surface area contributed by atoms with Crippen LogP contribution in [0.3, 0.4) is 0 Å². The van der Waals surface area contributed by atoms with Crippen molar-refractivity contribution < 1.29 is 4.42 Å². The standard InChI is InChI=1S/C14H12N4O.2ClH/c15-13(16)7-1-3-11-9(5-7)10-6-8(14(17)18)2-4-12(10)19-11;;/h1-6H,(H3,15,16)(H3,17,18);2*1H. The van der Waals surface area contributed by atoms with E-state index in [0.717, 1.165) is 21.9 Å². The average molecular weight is 325 g/mol. The number of nitrogens with two attached hydrogens (primary N) is 2. The van der Waals surface area contributed by atoms with Gasteiger partial charge in [0, 0.05) is 21.9 Å². The summed E-state index contributed by atoms with van der Waals surface area (Å²) < 4.78 is 5.70. The third-order valence-electron chi connectivity index (χ3n) is 3.09. The highest BCUT2D eigenvalue weighted by atomic mass is 35.5. The van der Waals surface area contributed by atoms with Gasteiger partial charge in [-0.3, -0.25) is 10.8 Å². The molecule has 110 valence electrons. The molecule has 21 heavy (non-hydrogen) atoms. The van der Waals surface area contributed by atoms with E-state index in [1.54, 1.807) is 24.3 Å². The van der Waals surface area contributed by atoms with Crippen molar-refractivity contribution in [2.45, 2.75) is 0 Å². The monoisotopic (exact) mass is 324 g/mol. The van der Waals surface area contributed by atoms with E-state index in [1.165, 1.54) is 0 Å². The van der Waals surface area contributed by atoms with Crippen LogP contribution in [0.15, 0.2) is 40.8 Å². The number of amidine groups is 2. The highest BCUT2D eigenvalue weighted by molar-refractivity contribution is 6.10. The molecule has 3 aromatic rings. The second-order valence-electron chi connectivity index (χ2n) is 4.35. The van der Waals surface area contributed by atoms with Crippen LogP contribution in [0.25, 0.3) is 21.9 Å². The zero-order valence-electron chi connectivity index (χ0n) is 10.8. The molecule has 0 fully saturated rings. The number of furan rings is 1. The molecule has 0 atom stereocenters. The predicted octanol–water partition coefficient (Wildman–Crippen LogP) is 3.00. The first kappa shape index (κ1) is 16.8. The molecular weight excluding hydrogens is 311 g/mol. The number of fused-ring (bicyclic) bond motifs is 3. The highest BCUT2D eigenvalue weighted by Crippen LogP contribution is 2.30. The molecule has 0 amide bonds. The Morgan fingerprint density at radius 3 is 1.48 bits per heavy atom. The van der Waals surface area contributed by atoms with Crippen LogP contribution in [0, 0.1) is 10.8 Å². The number of hydrogen-bond donors (Lipinski definition) is 4. The zero-order chi connectivity index (χ0) is 13.6. The summed E-state index contributed by atoms with van der Waals surface area (Å²) in [7, 11) is 0. The van der Waals surface area contributed by atoms with Crippen molar-refractivity contribution in [2.75, 3.05) is 0 Å². The van der Waals surface area contributed by atoms with E-state index in [9.17, 15) is 0 Å². The lowest BCUT2D eigenvalue weighted by Gasteiger charge is -1.99. The normalized spacial score (nSPS) is 9.90. The Labute approximate surface area is 133 Å². The number of rotatable bonds is 2. The molecule has 0 aliphatic heterocycles. The molecule has 1 aromatic heterocycles. The van der Waals surface area contributed by atoms with Crippen molar-refractivity contribution >= 4 is 58.4 Å². The number of hydrogen-bond acceptors (Lipinski definition) is 3. The number of nitrogen functional groups attached to an aromatic ring is 2. The van der Waals surface area contributed by atoms with Crippen molar-refractivity contribution in [1.82, 2.24) is 0 Å². The largest absolute Gasteiger partial charge is 0.456 e. The molecule has 7 heteroatoms. The second-order valence-corrected chi connectivity index (χ2v) is 4.35. The van der Waals surface area contributed by atoms with Gasteiger partial charge < -0.3 is 15.9 Å². The molecule has 0 spiro atoms. The van der Waals surface area contributed by atoms with Gasteiger partial charge in [0.2, 0.25) is 0 Å². The lowest BCUT2D eigenvalue weighted by molar-refractivity contribution is 0.669. The van der Waals surface area contributed by atoms with Gasteiger partial charge >= 0.3 is 0 Å². The maximum atomic E-state index is 7.48. The Balaban J connectivity index is 0.00000110. The molecule has 6 N–H and O–H groups in total. The topological polar surface area (TPSA) is 113 Å². The molecule has 2 aromatic carbocycles. The minimum Gasteiger partial charge on any atom is -0.456 e. The van der Waals surface area contributed by atoms with E-state index in [4.69, 9.17) is 26.7 Å². The van der Waals surface area contributed by atoms with Gasteiger partial charge in [-0.2, -0.15) is 0 Å². The minimum atomic E-state index is 0. The Kier molecular flexibility index (Phi) is 4.83. The predicted molar refractivity (Wildman–Crippen MR) is 90.2 cm³/mol. The van der Waals surface area contributed by atoms with Crippen LogP contribution in [0.4, 0.5) is 0 Å². The van der Waals surface area contributed by atoms with E-state index in [-0.39, 0.29) is 36.5 Å². The smallest absolute Gasteiger partial charge is 0.135 e. The molecule has 0 bridgehead atoms. The molecule has 3 rings (SSSR count). The van der Waals surface area contributed by atoms with Crippen molar-refractivity contribution in [3.63, 3.8) is 0 Å². The lowest BCUT2D eigenvalue weighted by atomic mass is 10.1. The minimum absolute atomic E-state index is 0. The molecule has 5 nitrogen and oxygen atoms in total. The number of nitrogens with one attached hydrogen (secondary N) is 2. The molecular formula is C14H14Cl2N4O. The summed E-state index contributed by atoms with van der Waals surface area (Å²) in [6.45, 7) is 0. The third kappa shape index (κ3) is 2.79. The Morgan fingerprint density at radius 1 is 0.762 bits per heavy atom. The average Bonchev–Trinajstić information content (AvgIpc) is 2.75. The maximum Gasteiger partial charge on any atom is 0.135 e. The van der Waals surface area contributed by atoms with Gasteiger partial charge in [0.05, 0.1) is 0 Å². The van der Waals surface area contributed by atoms with E-state index >= 15 is 0 Å². The Hall–Kier alpha value is -2.24. The first-order valence-electron chi connectivity index (χ1n) is 5.71. The first-order valence-corrected chi connectivity index (χ1v) is 5.71. The van der Waals surface area contributed by atoms with Gasteiger partial charge in [0.15, 0.2) is 0 Å². The van der Waals surface area contributed by atoms with Crippen LogP contribution in [0.1, 0.15) is 11.1 Å². The van der Waals surface area contributed by atoms with Crippen molar-refractivity contribution in [2.24, 2.45) is 11.5 Å². The van der Waals surface area contributed by atoms with Crippen LogP contribution >= 0.6 is 24.8 Å². The van der Waals surface area contributed by atoms with Gasteiger partial charge in [0.25, 0.3) is 0 Å². The summed E-state index contributed by atoms with van der Waals surface area (Å²) in [5.74, 6) is 0.0259. The summed E-state index contributed by atoms with van der Waals surface area (Å²) in [5, 5.41) is 16.7. The van der Waals surface area contributed by atoms with E-state index < -0.39 is 0 Å². The van der Waals surface area contributed by atoms with E-state index in [0.29, 0.717) is 11.1 Å². The fourth-order valence-corrected chi connectivity index (χ4v) is 2.11. The Morgan fingerprint density at radius 2 is 1.14 bits per heavy atom. The van der Waals surface area contributed by atoms with E-state index in [2.05, 4.69) is 0 Å². The van der Waals surface area contributed by atoms with Crippen molar-refractivity contribution in [1.29, 1.82) is 10.8 Å². The fourth-order valence-electron chi connectivity index (χ4n) is 2.11. The SMILES string of the molecule is Cl.Cl.N=C(N)c1ccc2oc3ccc(C(=N)N)cc3c2c1. The van der Waals surface area contributed by atoms with Crippen molar-refractivity contribution in [3.05, 3.63) is 47.5 Å². The molecule has 0 unspecified atom stereocenters. The van der Waals surface area contributed by atoms with Crippen LogP contribution in [0.5, 0.6) is 0 Å². The molecule has 0 aliphatic carbocycles. The lowest BCUT2D eigenvalue weighted by Crippen LogP contribution is -2.10. The number of halogens is 2. The number of benzene rings is 2. The Bertz CT molecular complexity index is 773. The zero-order valence-corrected chi connectivity index (χ0v) is 12.5. The second kappa shape index (κ2) is 6.03. The quantitative estimate of drug-likeness (QED) is 0.429. The molecule has 0 radical (unpaired) electrons. The summed E-state index contributed by atoms with van der Waals surface area (Å²) in [5.41, 5.74) is 13.7. The van der Waals surface area contributed by atoms with Gasteiger partial charge in [-0.1, -0.05) is 0 Å². The first-order chi connectivity index (χ1) is 9.06. The van der Waals surface area contributed by atoms with Gasteiger partial charge in [0.1, 0.15) is 22.8 Å². The van der Waals surface area contributed by atoms with Crippen LogP contribution in [-0.2, 0) is 0 Å². The summed E-state index contributed by atoms with van der Waals surface area (Å²) >= 11 is 0. The molecule has 0 saturated heterocycles. The molecule has 0 aliphatic rings. The molecule has 1 heterocycles. The van der Waals surface area contributed by atoms with Crippen LogP contribution < -0.4 is 11.5 Å². The molecule has 0 saturated carbocycles.